The van der Waals surface area contributed by atoms with Crippen molar-refractivity contribution in [3.63, 3.8) is 0 Å². The molecule has 0 spiro atoms. The zero-order valence-corrected chi connectivity index (χ0v) is 71.0. The summed E-state index contributed by atoms with van der Waals surface area (Å²) in [6.07, 6.45) is 19.5. The van der Waals surface area contributed by atoms with Gasteiger partial charge in [0.25, 0.3) is 0 Å². The molecule has 0 saturated carbocycles. The normalized spacial score (nSPS) is 9.56. The van der Waals surface area contributed by atoms with Crippen molar-refractivity contribution in [3.05, 3.63) is 132 Å². The van der Waals surface area contributed by atoms with Gasteiger partial charge in [0.05, 0.1) is 15.5 Å². The van der Waals surface area contributed by atoms with E-state index in [0.29, 0.717) is 19.4 Å². The topological polar surface area (TPSA) is 63.5 Å². The van der Waals surface area contributed by atoms with Crippen LogP contribution < -0.4 is 34.5 Å². The third kappa shape index (κ3) is 40.8. The second kappa shape index (κ2) is 61.8. The van der Waals surface area contributed by atoms with E-state index < -0.39 is 10.1 Å². The van der Waals surface area contributed by atoms with Gasteiger partial charge >= 0.3 is 29.6 Å². The molecule has 0 unspecified atom stereocenters. The zero-order valence-electron chi connectivity index (χ0n) is 68.2. The maximum Gasteiger partial charge on any atom is 1.00 e. The Morgan fingerprint density at radius 1 is 0.333 bits per heavy atom. The summed E-state index contributed by atoms with van der Waals surface area (Å²) < 4.78 is 36.3. The SMILES string of the molecule is CC#CC#CC#CC#CC#CC#CC#CC#CC#CC#CC#CC#CC#CC#CC#CC#CC#CC#CC#CC#CC#CC#CC#CC#CC#CC#CC#CC#CC#CC#CC#CC#CC#CC#CC#CC.CCCCC[N+]1=C(C=CC=CC=CC=C2N(CCCCS(=O)(=O)[O-])c3ccc4ccccc4c3C2(C)C)C(C)(C)c2c1ccc1ccccc21.[Na+]. The number of benzene rings is 4. The van der Waals surface area contributed by atoms with Crippen LogP contribution >= 0.6 is 0 Å². The Balaban J connectivity index is 0.000000541. The number of fused-ring (bicyclic) bond motifs is 6. The molecule has 0 N–H and O–H groups in total. The molecule has 2 aliphatic heterocycles. The van der Waals surface area contributed by atoms with Crippen molar-refractivity contribution in [2.75, 3.05) is 23.7 Å². The van der Waals surface area contributed by atoms with Crippen molar-refractivity contribution in [2.24, 2.45) is 0 Å². The second-order valence-electron chi connectivity index (χ2n) is 23.7. The van der Waals surface area contributed by atoms with Gasteiger partial charge in [-0.05, 0) is 187 Å². The van der Waals surface area contributed by atoms with Crippen LogP contribution in [-0.2, 0) is 20.9 Å². The molecular formula is C116H56N2NaO3S+. The zero-order chi connectivity index (χ0) is 87.0. The van der Waals surface area contributed by atoms with E-state index in [1.54, 1.807) is 13.8 Å². The van der Waals surface area contributed by atoms with Gasteiger partial charge < -0.3 is 9.45 Å². The first kappa shape index (κ1) is 96.7. The van der Waals surface area contributed by atoms with Crippen LogP contribution in [0.25, 0.3) is 21.5 Å². The van der Waals surface area contributed by atoms with E-state index in [-0.39, 0.29) is 46.1 Å². The molecule has 0 fully saturated rings. The van der Waals surface area contributed by atoms with Crippen molar-refractivity contribution < 1.29 is 47.1 Å². The van der Waals surface area contributed by atoms with Gasteiger partial charge in [0.1, 0.15) is 6.54 Å². The molecule has 0 amide bonds. The summed E-state index contributed by atoms with van der Waals surface area (Å²) in [5, 5.41) is 5.05. The minimum atomic E-state index is -4.23. The van der Waals surface area contributed by atoms with Crippen LogP contribution in [-0.4, -0.2) is 42.1 Å². The van der Waals surface area contributed by atoms with Crippen molar-refractivity contribution in [3.8, 4) is 414 Å². The number of anilines is 1. The fourth-order valence-electron chi connectivity index (χ4n) is 10.3. The van der Waals surface area contributed by atoms with Gasteiger partial charge in [-0.1, -0.05) is 124 Å². The van der Waals surface area contributed by atoms with Crippen LogP contribution in [0.4, 0.5) is 11.4 Å². The molecule has 0 aromatic heterocycles. The minimum Gasteiger partial charge on any atom is -0.748 e. The molecule has 4 aromatic carbocycles. The largest absolute Gasteiger partial charge is 1.00 e. The molecular weight excluding hydrogens is 1520 g/mol. The summed E-state index contributed by atoms with van der Waals surface area (Å²) in [4.78, 5) is 2.31. The van der Waals surface area contributed by atoms with Gasteiger partial charge in [0.2, 0.25) is 5.69 Å². The predicted octanol–water partition coefficient (Wildman–Crippen LogP) is 8.38. The number of allylic oxidation sites excluding steroid dienone is 8. The van der Waals surface area contributed by atoms with Gasteiger partial charge in [-0.15, -0.1) is 0 Å². The van der Waals surface area contributed by atoms with Crippen molar-refractivity contribution >= 4 is 48.7 Å². The van der Waals surface area contributed by atoms with Crippen LogP contribution in [0.1, 0.15) is 91.7 Å². The van der Waals surface area contributed by atoms with E-state index >= 15 is 0 Å². The van der Waals surface area contributed by atoms with Crippen molar-refractivity contribution in [1.82, 2.24) is 0 Å². The molecule has 0 aliphatic carbocycles. The molecule has 5 nitrogen and oxygen atoms in total. The Bertz CT molecular complexity index is 7460. The summed E-state index contributed by atoms with van der Waals surface area (Å²) in [7, 11) is -4.23. The molecule has 7 heteroatoms. The molecule has 0 saturated heterocycles. The quantitative estimate of drug-likeness (QED) is 0.0338. The first-order valence-corrected chi connectivity index (χ1v) is 37.9. The molecule has 0 atom stereocenters. The Morgan fingerprint density at radius 3 is 0.927 bits per heavy atom. The number of hydrogen-bond donors (Lipinski definition) is 0. The predicted molar refractivity (Wildman–Crippen MR) is 493 cm³/mol. The summed E-state index contributed by atoms with van der Waals surface area (Å²) in [6.45, 7) is 16.5. The van der Waals surface area contributed by atoms with E-state index in [2.05, 4.69) is 574 Å². The Morgan fingerprint density at radius 2 is 0.618 bits per heavy atom. The van der Waals surface area contributed by atoms with E-state index in [4.69, 9.17) is 0 Å². The first-order chi connectivity index (χ1) is 59.9. The van der Waals surface area contributed by atoms with Crippen LogP contribution in [0.3, 0.4) is 0 Å². The van der Waals surface area contributed by atoms with Crippen LogP contribution in [0.15, 0.2) is 121 Å². The molecule has 554 valence electrons. The van der Waals surface area contributed by atoms with Crippen LogP contribution in [0, 0.1) is 414 Å². The van der Waals surface area contributed by atoms with Gasteiger partial charge in [-0.2, -0.15) is 4.58 Å². The minimum absolute atomic E-state index is 0. The third-order valence-corrected chi connectivity index (χ3v) is 15.7. The summed E-state index contributed by atoms with van der Waals surface area (Å²) in [5.74, 6) is 175. The van der Waals surface area contributed by atoms with Gasteiger partial charge in [0.15, 0.2) is 5.71 Å². The second-order valence-corrected chi connectivity index (χ2v) is 25.2. The van der Waals surface area contributed by atoms with Crippen molar-refractivity contribution in [2.45, 2.75) is 91.4 Å². The maximum atomic E-state index is 11.3. The van der Waals surface area contributed by atoms with E-state index in [1.165, 1.54) is 56.9 Å². The summed E-state index contributed by atoms with van der Waals surface area (Å²) in [5.41, 5.74) is 7.26. The first-order valence-electron chi connectivity index (χ1n) is 36.3. The Kier molecular flexibility index (Phi) is 48.6. The monoisotopic (exact) mass is 1580 g/mol. The number of nitrogens with zero attached hydrogens (tertiary/aromatic N) is 2. The Hall–Kier alpha value is -18.7. The number of hydrogen-bond acceptors (Lipinski definition) is 4. The van der Waals surface area contributed by atoms with E-state index in [0.717, 1.165) is 24.4 Å². The van der Waals surface area contributed by atoms with E-state index in [9.17, 15) is 13.0 Å². The standard InChI is InChI=1S/C72H6.C44H50N2O3S.Na/c1-3-5-7-9-11-13-15-17-19-21-23-25-27-29-31-33-35-37-39-41-43-45-47-49-51-53-55-57-59-61-63-65-67-69-71-72-70-68-66-64-62-60-58-56-54-52-50-48-46-44-42-40-38-36-34-32-30-28-26-24-22-20-18-16-14-12-10-8-6-4-2;1-6-7-17-30-45-37-28-26-33-20-13-15-22-35(33)41(37)43(2,3)39(45)24-11-9-8-10-12-25-40-44(4,5)42-36-23-16-14-21-34(36)27-29-38(42)46(40)31-18-19-32-50(47,48)49;/h1-2H3;8-16,20-29H,6-7,17-19,30-32H2,1-5H3;/q;;+1. The number of unbranched alkanes of at least 4 members (excludes halogenated alkanes) is 3. The molecule has 2 heterocycles. The van der Waals surface area contributed by atoms with Crippen LogP contribution in [0.2, 0.25) is 0 Å². The molecule has 123 heavy (non-hydrogen) atoms. The smallest absolute Gasteiger partial charge is 0.748 e. The average molecular weight is 1580 g/mol. The fourth-order valence-corrected chi connectivity index (χ4v) is 10.9. The van der Waals surface area contributed by atoms with Gasteiger partial charge in [0, 0.05) is 361 Å². The molecule has 2 aliphatic rings. The van der Waals surface area contributed by atoms with Gasteiger partial charge in [-0.3, -0.25) is 0 Å². The number of rotatable bonds is 13. The molecule has 6 rings (SSSR count). The molecule has 0 radical (unpaired) electrons. The van der Waals surface area contributed by atoms with E-state index in [1.807, 2.05) is 0 Å². The fraction of sp³-hybridized carbons (Fsp3) is 0.147. The molecule has 0 bridgehead atoms. The van der Waals surface area contributed by atoms with Crippen LogP contribution in [0.5, 0.6) is 0 Å². The molecule has 4 aromatic rings. The Labute approximate surface area is 751 Å². The van der Waals surface area contributed by atoms with Crippen molar-refractivity contribution in [1.29, 1.82) is 0 Å². The maximum absolute atomic E-state index is 11.3. The van der Waals surface area contributed by atoms with Gasteiger partial charge in [-0.25, -0.2) is 8.42 Å². The third-order valence-electron chi connectivity index (χ3n) is 14.9. The summed E-state index contributed by atoms with van der Waals surface area (Å²) >= 11 is 0. The average Bonchev–Trinajstić information content (AvgIpc) is 1.58. The summed E-state index contributed by atoms with van der Waals surface area (Å²) in [6, 6.07) is 26.1.